The molecule has 0 radical (unpaired) electrons. The monoisotopic (exact) mass is 447 g/mol. The SMILES string of the molecule is CC(C)(C)OC(=O)NCCC(=O)NCC1CCN(C(=O)CCCOc2ccccc2)CC1. The van der Waals surface area contributed by atoms with Gasteiger partial charge in [-0.25, -0.2) is 4.79 Å². The van der Waals surface area contributed by atoms with Gasteiger partial charge in [0.25, 0.3) is 0 Å². The average molecular weight is 448 g/mol. The number of para-hydroxylation sites is 1. The highest BCUT2D eigenvalue weighted by atomic mass is 16.6. The second-order valence-corrected chi connectivity index (χ2v) is 9.07. The van der Waals surface area contributed by atoms with Crippen molar-refractivity contribution < 1.29 is 23.9 Å². The van der Waals surface area contributed by atoms with Gasteiger partial charge in [0.15, 0.2) is 0 Å². The fourth-order valence-corrected chi connectivity index (χ4v) is 3.41. The number of piperidine rings is 1. The molecule has 1 aliphatic heterocycles. The molecule has 1 aromatic carbocycles. The maximum absolute atomic E-state index is 12.4. The van der Waals surface area contributed by atoms with Gasteiger partial charge >= 0.3 is 6.09 Å². The molecule has 3 amide bonds. The van der Waals surface area contributed by atoms with Crippen LogP contribution in [0.15, 0.2) is 30.3 Å². The predicted octanol–water partition coefficient (Wildman–Crippen LogP) is 3.12. The van der Waals surface area contributed by atoms with Crippen LogP contribution in [0, 0.1) is 5.92 Å². The van der Waals surface area contributed by atoms with Gasteiger partial charge in [-0.1, -0.05) is 18.2 Å². The van der Waals surface area contributed by atoms with Crippen LogP contribution in [0.3, 0.4) is 0 Å². The molecule has 2 rings (SSSR count). The largest absolute Gasteiger partial charge is 0.494 e. The number of nitrogens with one attached hydrogen (secondary N) is 2. The number of carbonyl (C=O) groups is 3. The molecule has 0 unspecified atom stereocenters. The molecule has 0 atom stereocenters. The number of nitrogens with zero attached hydrogens (tertiary/aromatic N) is 1. The number of carbonyl (C=O) groups excluding carboxylic acids is 3. The Hall–Kier alpha value is -2.77. The van der Waals surface area contributed by atoms with Crippen LogP contribution >= 0.6 is 0 Å². The Balaban J connectivity index is 1.52. The van der Waals surface area contributed by atoms with E-state index in [0.29, 0.717) is 31.9 Å². The van der Waals surface area contributed by atoms with Gasteiger partial charge in [-0.2, -0.15) is 0 Å². The van der Waals surface area contributed by atoms with Crippen LogP contribution in [0.4, 0.5) is 4.79 Å². The second-order valence-electron chi connectivity index (χ2n) is 9.07. The number of amides is 3. The zero-order valence-corrected chi connectivity index (χ0v) is 19.5. The fourth-order valence-electron chi connectivity index (χ4n) is 3.41. The van der Waals surface area contributed by atoms with Crippen molar-refractivity contribution in [3.05, 3.63) is 30.3 Å². The van der Waals surface area contributed by atoms with E-state index in [0.717, 1.165) is 31.7 Å². The maximum atomic E-state index is 12.4. The van der Waals surface area contributed by atoms with Crippen LogP contribution in [0.2, 0.25) is 0 Å². The van der Waals surface area contributed by atoms with Crippen molar-refractivity contribution in [2.75, 3.05) is 32.8 Å². The highest BCUT2D eigenvalue weighted by Crippen LogP contribution is 2.18. The van der Waals surface area contributed by atoms with Crippen molar-refractivity contribution in [1.29, 1.82) is 0 Å². The van der Waals surface area contributed by atoms with Crippen LogP contribution in [0.25, 0.3) is 0 Å². The summed E-state index contributed by atoms with van der Waals surface area (Å²) in [6.07, 6.45) is 2.63. The summed E-state index contributed by atoms with van der Waals surface area (Å²) < 4.78 is 10.8. The van der Waals surface area contributed by atoms with Crippen molar-refractivity contribution in [2.45, 2.75) is 58.5 Å². The number of alkyl carbamates (subject to hydrolysis) is 1. The number of rotatable bonds is 10. The number of ether oxygens (including phenoxy) is 2. The predicted molar refractivity (Wildman–Crippen MR) is 122 cm³/mol. The second kappa shape index (κ2) is 12.9. The summed E-state index contributed by atoms with van der Waals surface area (Å²) in [5.41, 5.74) is -0.557. The van der Waals surface area contributed by atoms with E-state index >= 15 is 0 Å². The molecule has 1 saturated heterocycles. The smallest absolute Gasteiger partial charge is 0.407 e. The molecule has 0 bridgehead atoms. The first-order valence-corrected chi connectivity index (χ1v) is 11.4. The third-order valence-electron chi connectivity index (χ3n) is 5.12. The molecule has 2 N–H and O–H groups in total. The molecule has 0 aliphatic carbocycles. The molecule has 1 aliphatic rings. The minimum atomic E-state index is -0.557. The van der Waals surface area contributed by atoms with Crippen LogP contribution in [-0.4, -0.2) is 61.2 Å². The molecule has 32 heavy (non-hydrogen) atoms. The van der Waals surface area contributed by atoms with E-state index in [9.17, 15) is 14.4 Å². The maximum Gasteiger partial charge on any atom is 0.407 e. The van der Waals surface area contributed by atoms with Gasteiger partial charge in [0.05, 0.1) is 6.61 Å². The molecule has 1 aromatic rings. The Morgan fingerprint density at radius 2 is 1.72 bits per heavy atom. The van der Waals surface area contributed by atoms with Gasteiger partial charge in [-0.05, 0) is 58.1 Å². The summed E-state index contributed by atoms with van der Waals surface area (Å²) in [7, 11) is 0. The van der Waals surface area contributed by atoms with E-state index in [1.165, 1.54) is 0 Å². The lowest BCUT2D eigenvalue weighted by Gasteiger charge is -2.32. The summed E-state index contributed by atoms with van der Waals surface area (Å²) >= 11 is 0. The molecule has 1 heterocycles. The Morgan fingerprint density at radius 3 is 2.38 bits per heavy atom. The van der Waals surface area contributed by atoms with Gasteiger partial charge in [0, 0.05) is 39.0 Å². The molecular formula is C24H37N3O5. The highest BCUT2D eigenvalue weighted by Gasteiger charge is 2.23. The minimum Gasteiger partial charge on any atom is -0.494 e. The van der Waals surface area contributed by atoms with E-state index in [2.05, 4.69) is 10.6 Å². The summed E-state index contributed by atoms with van der Waals surface area (Å²) in [6.45, 7) is 8.18. The van der Waals surface area contributed by atoms with Gasteiger partial charge in [-0.3, -0.25) is 9.59 Å². The molecule has 0 saturated carbocycles. The first-order valence-electron chi connectivity index (χ1n) is 11.4. The Kier molecular flexibility index (Phi) is 10.3. The fraction of sp³-hybridized carbons (Fsp3) is 0.625. The molecule has 8 nitrogen and oxygen atoms in total. The van der Waals surface area contributed by atoms with E-state index in [1.54, 1.807) is 20.8 Å². The van der Waals surface area contributed by atoms with Crippen molar-refractivity contribution in [2.24, 2.45) is 5.92 Å². The lowest BCUT2D eigenvalue weighted by atomic mass is 9.96. The molecule has 178 valence electrons. The zero-order valence-electron chi connectivity index (χ0n) is 19.5. The number of hydrogen-bond acceptors (Lipinski definition) is 5. The average Bonchev–Trinajstić information content (AvgIpc) is 2.75. The quantitative estimate of drug-likeness (QED) is 0.537. The normalized spacial score (nSPS) is 14.5. The molecular weight excluding hydrogens is 410 g/mol. The van der Waals surface area contributed by atoms with Crippen LogP contribution < -0.4 is 15.4 Å². The van der Waals surface area contributed by atoms with E-state index in [1.807, 2.05) is 35.2 Å². The summed E-state index contributed by atoms with van der Waals surface area (Å²) in [6, 6.07) is 9.60. The van der Waals surface area contributed by atoms with Gasteiger partial charge < -0.3 is 25.0 Å². The summed E-state index contributed by atoms with van der Waals surface area (Å²) in [4.78, 5) is 37.9. The summed E-state index contributed by atoms with van der Waals surface area (Å²) in [5.74, 6) is 1.25. The Labute approximate surface area is 191 Å². The molecule has 8 heteroatoms. The summed E-state index contributed by atoms with van der Waals surface area (Å²) in [5, 5.41) is 5.51. The van der Waals surface area contributed by atoms with Gasteiger partial charge in [-0.15, -0.1) is 0 Å². The van der Waals surface area contributed by atoms with E-state index in [4.69, 9.17) is 9.47 Å². The highest BCUT2D eigenvalue weighted by molar-refractivity contribution is 5.77. The van der Waals surface area contributed by atoms with Crippen LogP contribution in [0.5, 0.6) is 5.75 Å². The molecule has 1 fully saturated rings. The topological polar surface area (TPSA) is 97.0 Å². The lowest BCUT2D eigenvalue weighted by Crippen LogP contribution is -2.42. The first-order chi connectivity index (χ1) is 15.2. The first kappa shape index (κ1) is 25.5. The van der Waals surface area contributed by atoms with Crippen LogP contribution in [0.1, 0.15) is 52.9 Å². The van der Waals surface area contributed by atoms with E-state index in [-0.39, 0.29) is 24.8 Å². The van der Waals surface area contributed by atoms with Crippen LogP contribution in [-0.2, 0) is 14.3 Å². The number of benzene rings is 1. The van der Waals surface area contributed by atoms with Crippen molar-refractivity contribution in [3.63, 3.8) is 0 Å². The third-order valence-corrected chi connectivity index (χ3v) is 5.12. The van der Waals surface area contributed by atoms with Gasteiger partial charge in [0.2, 0.25) is 11.8 Å². The van der Waals surface area contributed by atoms with Crippen molar-refractivity contribution in [1.82, 2.24) is 15.5 Å². The number of likely N-dealkylation sites (tertiary alicyclic amines) is 1. The molecule has 0 aromatic heterocycles. The Bertz CT molecular complexity index is 725. The minimum absolute atomic E-state index is 0.0991. The Morgan fingerprint density at radius 1 is 1.03 bits per heavy atom. The van der Waals surface area contributed by atoms with E-state index < -0.39 is 11.7 Å². The van der Waals surface area contributed by atoms with Gasteiger partial charge in [0.1, 0.15) is 11.4 Å². The van der Waals surface area contributed by atoms with Crippen molar-refractivity contribution >= 4 is 17.9 Å². The zero-order chi connectivity index (χ0) is 23.4. The lowest BCUT2D eigenvalue weighted by molar-refractivity contribution is -0.133. The molecule has 0 spiro atoms. The number of hydrogen-bond donors (Lipinski definition) is 2. The standard InChI is InChI=1S/C24H37N3O5/c1-24(2,3)32-23(30)25-14-11-21(28)26-18-19-12-15-27(16-13-19)22(29)10-7-17-31-20-8-5-4-6-9-20/h4-6,8-9,19H,7,10-18H2,1-3H3,(H,25,30)(H,26,28). The third kappa shape index (κ3) is 10.5. The van der Waals surface area contributed by atoms with Crippen molar-refractivity contribution in [3.8, 4) is 5.75 Å².